The van der Waals surface area contributed by atoms with Crippen LogP contribution in [0.25, 0.3) is 0 Å². The molecule has 3 aliphatic carbocycles. The number of benzene rings is 1. The molecule has 0 aliphatic heterocycles. The monoisotopic (exact) mass is 368 g/mol. The van der Waals surface area contributed by atoms with E-state index in [-0.39, 0.29) is 39.9 Å². The Balaban J connectivity index is 1.86. The van der Waals surface area contributed by atoms with Gasteiger partial charge in [0.1, 0.15) is 17.3 Å². The Hall–Kier alpha value is -1.95. The minimum Gasteiger partial charge on any atom is -0.508 e. The maximum atomic E-state index is 12.5. The van der Waals surface area contributed by atoms with Crippen LogP contribution < -0.4 is 0 Å². The first-order valence-electron chi connectivity index (χ1n) is 10.1. The number of Topliss-reactive ketones (excluding diaryl/α,β-unsaturated/α-hetero) is 1. The van der Waals surface area contributed by atoms with Crippen LogP contribution in [-0.4, -0.2) is 16.0 Å². The number of ketones is 1. The van der Waals surface area contributed by atoms with Crippen LogP contribution in [0.1, 0.15) is 83.3 Å². The molecule has 3 atom stereocenters. The van der Waals surface area contributed by atoms with Crippen molar-refractivity contribution < 1.29 is 15.0 Å². The number of hydrogen-bond acceptors (Lipinski definition) is 3. The van der Waals surface area contributed by atoms with Crippen molar-refractivity contribution in [1.82, 2.24) is 0 Å². The zero-order valence-corrected chi connectivity index (χ0v) is 17.0. The van der Waals surface area contributed by atoms with Crippen LogP contribution in [0.2, 0.25) is 0 Å². The van der Waals surface area contributed by atoms with Crippen molar-refractivity contribution >= 4 is 5.78 Å². The molecule has 4 rings (SSSR count). The van der Waals surface area contributed by atoms with Crippen LogP contribution >= 0.6 is 0 Å². The van der Waals surface area contributed by atoms with Gasteiger partial charge >= 0.3 is 0 Å². The first kappa shape index (κ1) is 19.8. The van der Waals surface area contributed by atoms with E-state index in [4.69, 9.17) is 6.42 Å². The summed E-state index contributed by atoms with van der Waals surface area (Å²) in [5, 5.41) is 21.6. The van der Waals surface area contributed by atoms with Gasteiger partial charge in [0.15, 0.2) is 0 Å². The number of aromatic hydroxyl groups is 2. The topological polar surface area (TPSA) is 57.5 Å². The van der Waals surface area contributed by atoms with Crippen LogP contribution in [-0.2, 0) is 10.2 Å². The third kappa shape index (κ3) is 3.35. The lowest BCUT2D eigenvalue weighted by Crippen LogP contribution is -2.56. The van der Waals surface area contributed by atoms with Gasteiger partial charge in [-0.3, -0.25) is 4.79 Å². The van der Waals surface area contributed by atoms with E-state index in [1.54, 1.807) is 12.1 Å². The van der Waals surface area contributed by atoms with Crippen LogP contribution in [0.4, 0.5) is 0 Å². The number of rotatable bonds is 6. The molecule has 2 bridgehead atoms. The summed E-state index contributed by atoms with van der Waals surface area (Å²) < 4.78 is 0. The van der Waals surface area contributed by atoms with Crippen LogP contribution in [0.15, 0.2) is 12.1 Å². The highest BCUT2D eigenvalue weighted by Crippen LogP contribution is 2.64. The SMILES string of the molecule is C#CCCCCC(C)(C)c1cc(O)c([C@@H]2CC(=O)[C@@H]3C[C@H]2C3(C)C)c(O)c1. The molecule has 0 aromatic heterocycles. The molecule has 0 saturated heterocycles. The summed E-state index contributed by atoms with van der Waals surface area (Å²) in [4.78, 5) is 12.5. The Morgan fingerprint density at radius 2 is 1.85 bits per heavy atom. The zero-order valence-electron chi connectivity index (χ0n) is 17.0. The molecule has 0 radical (unpaired) electrons. The van der Waals surface area contributed by atoms with Gasteiger partial charge in [0, 0.05) is 30.2 Å². The molecule has 1 aromatic carbocycles. The molecule has 27 heavy (non-hydrogen) atoms. The van der Waals surface area contributed by atoms with Gasteiger partial charge in [-0.1, -0.05) is 34.1 Å². The van der Waals surface area contributed by atoms with Crippen molar-refractivity contribution in [1.29, 1.82) is 0 Å². The molecule has 0 spiro atoms. The van der Waals surface area contributed by atoms with Crippen molar-refractivity contribution in [2.75, 3.05) is 0 Å². The molecule has 2 N–H and O–H groups in total. The van der Waals surface area contributed by atoms with Crippen LogP contribution in [0.3, 0.4) is 0 Å². The van der Waals surface area contributed by atoms with Crippen molar-refractivity contribution in [2.45, 2.75) is 77.6 Å². The average molecular weight is 369 g/mol. The average Bonchev–Trinajstić information content (AvgIpc) is 2.57. The lowest BCUT2D eigenvalue weighted by molar-refractivity contribution is -0.151. The summed E-state index contributed by atoms with van der Waals surface area (Å²) in [6.07, 6.45) is 10.3. The van der Waals surface area contributed by atoms with Gasteiger partial charge in [0.05, 0.1) is 0 Å². The Kier molecular flexibility index (Phi) is 5.06. The minimum absolute atomic E-state index is 0.0478. The molecule has 3 aliphatic rings. The van der Waals surface area contributed by atoms with Gasteiger partial charge in [-0.25, -0.2) is 0 Å². The molecule has 0 heterocycles. The quantitative estimate of drug-likeness (QED) is 0.530. The highest BCUT2D eigenvalue weighted by Gasteiger charge is 2.59. The number of carbonyl (C=O) groups excluding carboxylic acids is 1. The van der Waals surface area contributed by atoms with E-state index >= 15 is 0 Å². The Morgan fingerprint density at radius 3 is 2.37 bits per heavy atom. The summed E-state index contributed by atoms with van der Waals surface area (Å²) in [7, 11) is 0. The maximum Gasteiger partial charge on any atom is 0.137 e. The van der Waals surface area contributed by atoms with Crippen molar-refractivity contribution in [3.05, 3.63) is 23.3 Å². The number of unbranched alkanes of at least 4 members (excludes halogenated alkanes) is 2. The third-order valence-electron chi connectivity index (χ3n) is 7.30. The summed E-state index contributed by atoms with van der Waals surface area (Å²) in [5.41, 5.74) is 1.28. The smallest absolute Gasteiger partial charge is 0.137 e. The predicted molar refractivity (Wildman–Crippen MR) is 108 cm³/mol. The molecule has 0 unspecified atom stereocenters. The Labute approximate surface area is 163 Å². The second-order valence-corrected chi connectivity index (χ2v) is 9.72. The standard InChI is InChI=1S/C24H32O3/c1-6-7-8-9-10-23(2,3)15-11-20(26)22(21(27)12-15)16-13-19(25)18-14-17(16)24(18,4)5/h1,11-12,16-18,26-27H,7-10,13-14H2,2-5H3/t16-,17-,18+/m1/s1. The van der Waals surface area contributed by atoms with Gasteiger partial charge in [-0.15, -0.1) is 12.3 Å². The number of fused-ring (bicyclic) bond motifs is 2. The largest absolute Gasteiger partial charge is 0.508 e. The molecule has 3 saturated carbocycles. The maximum absolute atomic E-state index is 12.5. The fourth-order valence-electron chi connectivity index (χ4n) is 5.32. The minimum atomic E-state index is -0.161. The van der Waals surface area contributed by atoms with Crippen molar-refractivity contribution in [3.63, 3.8) is 0 Å². The molecule has 0 amide bonds. The van der Waals surface area contributed by atoms with Crippen LogP contribution in [0, 0.1) is 29.6 Å². The summed E-state index contributed by atoms with van der Waals surface area (Å²) in [5.74, 6) is 3.57. The number of carbonyl (C=O) groups is 1. The number of phenols is 2. The van der Waals surface area contributed by atoms with Gasteiger partial charge in [0.25, 0.3) is 0 Å². The van der Waals surface area contributed by atoms with E-state index in [1.165, 1.54) is 0 Å². The molecule has 1 aromatic rings. The van der Waals surface area contributed by atoms with E-state index < -0.39 is 0 Å². The van der Waals surface area contributed by atoms with Gasteiger partial charge < -0.3 is 10.2 Å². The van der Waals surface area contributed by atoms with E-state index in [9.17, 15) is 15.0 Å². The predicted octanol–water partition coefficient (Wildman–Crippen LogP) is 5.29. The summed E-state index contributed by atoms with van der Waals surface area (Å²) in [6, 6.07) is 3.58. The highest BCUT2D eigenvalue weighted by atomic mass is 16.3. The van der Waals surface area contributed by atoms with Gasteiger partial charge in [-0.2, -0.15) is 0 Å². The molecule has 146 valence electrons. The van der Waals surface area contributed by atoms with Gasteiger partial charge in [-0.05, 0) is 53.7 Å². The number of phenolic OH excluding ortho intramolecular Hbond substituents is 2. The van der Waals surface area contributed by atoms with Crippen molar-refractivity contribution in [2.24, 2.45) is 17.3 Å². The molecule has 3 heteroatoms. The molecule has 3 nitrogen and oxygen atoms in total. The highest BCUT2D eigenvalue weighted by molar-refractivity contribution is 5.86. The van der Waals surface area contributed by atoms with Crippen molar-refractivity contribution in [3.8, 4) is 23.8 Å². The van der Waals surface area contributed by atoms with E-state index in [0.29, 0.717) is 17.9 Å². The van der Waals surface area contributed by atoms with E-state index in [2.05, 4.69) is 33.6 Å². The first-order chi connectivity index (χ1) is 12.6. The first-order valence-corrected chi connectivity index (χ1v) is 10.1. The lowest BCUT2D eigenvalue weighted by atomic mass is 9.44. The fraction of sp³-hybridized carbons (Fsp3) is 0.625. The fourth-order valence-corrected chi connectivity index (χ4v) is 5.32. The number of hydrogen-bond donors (Lipinski definition) is 2. The normalized spacial score (nSPS) is 26.3. The van der Waals surface area contributed by atoms with Crippen LogP contribution in [0.5, 0.6) is 11.5 Å². The second-order valence-electron chi connectivity index (χ2n) is 9.72. The lowest BCUT2D eigenvalue weighted by Gasteiger charge is -2.59. The van der Waals surface area contributed by atoms with Gasteiger partial charge in [0.2, 0.25) is 0 Å². The summed E-state index contributed by atoms with van der Waals surface area (Å²) >= 11 is 0. The zero-order chi connectivity index (χ0) is 20.0. The second kappa shape index (κ2) is 6.89. The molecular formula is C24H32O3. The summed E-state index contributed by atoms with van der Waals surface area (Å²) in [6.45, 7) is 8.52. The van der Waals surface area contributed by atoms with E-state index in [0.717, 1.165) is 37.7 Å². The van der Waals surface area contributed by atoms with E-state index in [1.807, 2.05) is 0 Å². The Morgan fingerprint density at radius 1 is 1.22 bits per heavy atom. The molecular weight excluding hydrogens is 336 g/mol. The molecule has 3 fully saturated rings. The third-order valence-corrected chi connectivity index (χ3v) is 7.30. The number of terminal acetylenes is 1. The Bertz CT molecular complexity index is 758.